The molecule has 0 amide bonds. The van der Waals surface area contributed by atoms with Gasteiger partial charge in [0.05, 0.1) is 19.9 Å². The summed E-state index contributed by atoms with van der Waals surface area (Å²) >= 11 is 0. The number of nitrogens with zero attached hydrogens (tertiary/aromatic N) is 2. The molecule has 1 heterocycles. The Bertz CT molecular complexity index is 543. The van der Waals surface area contributed by atoms with Crippen LogP contribution in [0.4, 0.5) is 11.5 Å². The molecule has 0 bridgehead atoms. The highest BCUT2D eigenvalue weighted by atomic mass is 16.5. The zero-order valence-electron chi connectivity index (χ0n) is 10.6. The predicted molar refractivity (Wildman–Crippen MR) is 74.0 cm³/mol. The van der Waals surface area contributed by atoms with Crippen LogP contribution >= 0.6 is 0 Å². The first kappa shape index (κ1) is 13.1. The summed E-state index contributed by atoms with van der Waals surface area (Å²) in [5, 5.41) is 11.8. The highest BCUT2D eigenvalue weighted by Gasteiger charge is 2.08. The quantitative estimate of drug-likeness (QED) is 0.698. The number of aliphatic hydroxyl groups excluding tert-OH is 1. The maximum Gasteiger partial charge on any atom is 0.179 e. The van der Waals surface area contributed by atoms with Crippen LogP contribution in [0.25, 0.3) is 11.4 Å². The first-order chi connectivity index (χ1) is 9.24. The lowest BCUT2D eigenvalue weighted by atomic mass is 10.2. The van der Waals surface area contributed by atoms with E-state index in [4.69, 9.17) is 15.6 Å². The zero-order valence-corrected chi connectivity index (χ0v) is 10.6. The molecule has 19 heavy (non-hydrogen) atoms. The van der Waals surface area contributed by atoms with Gasteiger partial charge in [-0.1, -0.05) is 0 Å². The van der Waals surface area contributed by atoms with Gasteiger partial charge in [-0.2, -0.15) is 0 Å². The average Bonchev–Trinajstić information content (AvgIpc) is 2.45. The van der Waals surface area contributed by atoms with Crippen LogP contribution in [-0.4, -0.2) is 35.3 Å². The van der Waals surface area contributed by atoms with E-state index in [9.17, 15) is 0 Å². The standard InChI is InChI=1S/C13H16N4O2/c1-19-11-8-16-12(17-13(11)15-6-7-18)9-2-4-10(14)5-3-9/h2-5,8,18H,6-7,14H2,1H3,(H,15,16,17). The van der Waals surface area contributed by atoms with Gasteiger partial charge in [0.2, 0.25) is 0 Å². The summed E-state index contributed by atoms with van der Waals surface area (Å²) in [5.74, 6) is 1.66. The van der Waals surface area contributed by atoms with Crippen LogP contribution in [-0.2, 0) is 0 Å². The Morgan fingerprint density at radius 3 is 2.68 bits per heavy atom. The average molecular weight is 260 g/mol. The zero-order chi connectivity index (χ0) is 13.7. The first-order valence-corrected chi connectivity index (χ1v) is 5.86. The second-order valence-corrected chi connectivity index (χ2v) is 3.88. The minimum Gasteiger partial charge on any atom is -0.491 e. The van der Waals surface area contributed by atoms with E-state index >= 15 is 0 Å². The molecule has 0 radical (unpaired) electrons. The third kappa shape index (κ3) is 3.11. The number of nitrogens with one attached hydrogen (secondary N) is 1. The van der Waals surface area contributed by atoms with Crippen molar-refractivity contribution < 1.29 is 9.84 Å². The maximum absolute atomic E-state index is 8.85. The lowest BCUT2D eigenvalue weighted by molar-refractivity contribution is 0.310. The van der Waals surface area contributed by atoms with E-state index in [1.165, 1.54) is 0 Å². The minimum atomic E-state index is 0.0182. The Labute approximate surface area is 111 Å². The Morgan fingerprint density at radius 2 is 2.05 bits per heavy atom. The number of hydrogen-bond acceptors (Lipinski definition) is 6. The van der Waals surface area contributed by atoms with Crippen molar-refractivity contribution in [3.8, 4) is 17.1 Å². The number of aromatic nitrogens is 2. The van der Waals surface area contributed by atoms with E-state index in [0.717, 1.165) is 5.56 Å². The number of anilines is 2. The molecule has 0 unspecified atom stereocenters. The fourth-order valence-electron chi connectivity index (χ4n) is 1.59. The largest absolute Gasteiger partial charge is 0.491 e. The van der Waals surface area contributed by atoms with Gasteiger partial charge >= 0.3 is 0 Å². The number of nitrogens with two attached hydrogens (primary N) is 1. The molecule has 0 saturated heterocycles. The molecule has 6 heteroatoms. The predicted octanol–water partition coefficient (Wildman–Crippen LogP) is 1.14. The second-order valence-electron chi connectivity index (χ2n) is 3.88. The summed E-state index contributed by atoms with van der Waals surface area (Å²) in [6.45, 7) is 0.416. The first-order valence-electron chi connectivity index (χ1n) is 5.86. The van der Waals surface area contributed by atoms with Crippen molar-refractivity contribution in [2.45, 2.75) is 0 Å². The summed E-state index contributed by atoms with van der Waals surface area (Å²) in [6, 6.07) is 7.30. The SMILES string of the molecule is COc1cnc(-c2ccc(N)cc2)nc1NCCO. The van der Waals surface area contributed by atoms with Gasteiger partial charge in [-0.15, -0.1) is 0 Å². The van der Waals surface area contributed by atoms with E-state index in [-0.39, 0.29) is 6.61 Å². The van der Waals surface area contributed by atoms with E-state index in [1.54, 1.807) is 25.4 Å². The molecule has 0 fully saturated rings. The Hall–Kier alpha value is -2.34. The third-order valence-electron chi connectivity index (χ3n) is 2.55. The molecule has 0 aliphatic rings. The van der Waals surface area contributed by atoms with Crippen LogP contribution in [0.3, 0.4) is 0 Å². The fourth-order valence-corrected chi connectivity index (χ4v) is 1.59. The molecule has 100 valence electrons. The van der Waals surface area contributed by atoms with Gasteiger partial charge < -0.3 is 20.9 Å². The number of ether oxygens (including phenoxy) is 1. The van der Waals surface area contributed by atoms with Crippen molar-refractivity contribution in [1.29, 1.82) is 0 Å². The number of nitrogen functional groups attached to an aromatic ring is 1. The highest BCUT2D eigenvalue weighted by Crippen LogP contribution is 2.24. The van der Waals surface area contributed by atoms with Crippen molar-refractivity contribution >= 4 is 11.5 Å². The number of benzene rings is 1. The van der Waals surface area contributed by atoms with Crippen LogP contribution in [0.2, 0.25) is 0 Å². The summed E-state index contributed by atoms with van der Waals surface area (Å²) in [5.41, 5.74) is 7.20. The third-order valence-corrected chi connectivity index (χ3v) is 2.55. The second kappa shape index (κ2) is 6.01. The Balaban J connectivity index is 2.33. The molecule has 4 N–H and O–H groups in total. The molecule has 0 aliphatic heterocycles. The van der Waals surface area contributed by atoms with Crippen LogP contribution in [0, 0.1) is 0 Å². The van der Waals surface area contributed by atoms with E-state index in [2.05, 4.69) is 15.3 Å². The van der Waals surface area contributed by atoms with Gasteiger partial charge in [0.25, 0.3) is 0 Å². The van der Waals surface area contributed by atoms with Crippen molar-refractivity contribution in [3.05, 3.63) is 30.5 Å². The highest BCUT2D eigenvalue weighted by molar-refractivity contribution is 5.62. The number of hydrogen-bond donors (Lipinski definition) is 3. The monoisotopic (exact) mass is 260 g/mol. The number of methoxy groups -OCH3 is 1. The summed E-state index contributed by atoms with van der Waals surface area (Å²) in [6.07, 6.45) is 1.60. The molecule has 2 rings (SSSR count). The van der Waals surface area contributed by atoms with Gasteiger partial charge in [0.15, 0.2) is 17.4 Å². The lowest BCUT2D eigenvalue weighted by Gasteiger charge is -2.10. The lowest BCUT2D eigenvalue weighted by Crippen LogP contribution is -2.09. The van der Waals surface area contributed by atoms with Gasteiger partial charge in [-0.3, -0.25) is 0 Å². The van der Waals surface area contributed by atoms with E-state index < -0.39 is 0 Å². The molecule has 6 nitrogen and oxygen atoms in total. The van der Waals surface area contributed by atoms with Crippen molar-refractivity contribution in [3.63, 3.8) is 0 Å². The molecular formula is C13H16N4O2. The smallest absolute Gasteiger partial charge is 0.179 e. The van der Waals surface area contributed by atoms with Crippen LogP contribution in [0.15, 0.2) is 30.5 Å². The maximum atomic E-state index is 8.85. The van der Waals surface area contributed by atoms with Crippen LogP contribution in [0.5, 0.6) is 5.75 Å². The molecular weight excluding hydrogens is 244 g/mol. The van der Waals surface area contributed by atoms with Crippen molar-refractivity contribution in [2.75, 3.05) is 31.3 Å². The molecule has 2 aromatic rings. The van der Waals surface area contributed by atoms with Gasteiger partial charge in [-0.05, 0) is 24.3 Å². The molecule has 0 saturated carbocycles. The summed E-state index contributed by atoms with van der Waals surface area (Å²) < 4.78 is 5.16. The molecule has 1 aromatic heterocycles. The van der Waals surface area contributed by atoms with Crippen LogP contribution < -0.4 is 15.8 Å². The topological polar surface area (TPSA) is 93.3 Å². The van der Waals surface area contributed by atoms with E-state index in [0.29, 0.717) is 29.6 Å². The Kier molecular flexibility index (Phi) is 4.15. The van der Waals surface area contributed by atoms with E-state index in [1.807, 2.05) is 12.1 Å². The van der Waals surface area contributed by atoms with Gasteiger partial charge in [0, 0.05) is 17.8 Å². The summed E-state index contributed by atoms with van der Waals surface area (Å²) in [4.78, 5) is 8.62. The normalized spacial score (nSPS) is 10.2. The van der Waals surface area contributed by atoms with Crippen LogP contribution in [0.1, 0.15) is 0 Å². The summed E-state index contributed by atoms with van der Waals surface area (Å²) in [7, 11) is 1.55. The fraction of sp³-hybridized carbons (Fsp3) is 0.231. The van der Waals surface area contributed by atoms with Crippen molar-refractivity contribution in [1.82, 2.24) is 9.97 Å². The van der Waals surface area contributed by atoms with Gasteiger partial charge in [-0.25, -0.2) is 9.97 Å². The number of rotatable bonds is 5. The molecule has 1 aromatic carbocycles. The molecule has 0 aliphatic carbocycles. The Morgan fingerprint density at radius 1 is 1.32 bits per heavy atom. The molecule has 0 spiro atoms. The minimum absolute atomic E-state index is 0.0182. The number of aliphatic hydroxyl groups is 1. The van der Waals surface area contributed by atoms with Crippen molar-refractivity contribution in [2.24, 2.45) is 0 Å². The van der Waals surface area contributed by atoms with Gasteiger partial charge in [0.1, 0.15) is 0 Å². The molecule has 0 atom stereocenters.